The third kappa shape index (κ3) is 3.85. The Bertz CT molecular complexity index is 590. The first-order chi connectivity index (χ1) is 10.1. The van der Waals surface area contributed by atoms with E-state index in [1.54, 1.807) is 0 Å². The largest absolute Gasteiger partial charge is 0.485 e. The third-order valence-electron chi connectivity index (χ3n) is 3.68. The predicted molar refractivity (Wildman–Crippen MR) is 85.5 cm³/mol. The zero-order chi connectivity index (χ0) is 15.2. The van der Waals surface area contributed by atoms with Crippen LogP contribution in [0, 0.1) is 13.8 Å². The van der Waals surface area contributed by atoms with Crippen LogP contribution >= 0.6 is 0 Å². The van der Waals surface area contributed by atoms with Crippen LogP contribution in [0.3, 0.4) is 0 Å². The van der Waals surface area contributed by atoms with Crippen LogP contribution < -0.4 is 10.1 Å². The number of hydrogen-bond acceptors (Lipinski definition) is 3. The number of hydrogen-bond donors (Lipinski definition) is 1. The van der Waals surface area contributed by atoms with Gasteiger partial charge < -0.3 is 10.1 Å². The minimum atomic E-state index is 0.581. The molecule has 1 aromatic carbocycles. The van der Waals surface area contributed by atoms with Crippen molar-refractivity contribution in [1.82, 2.24) is 15.1 Å². The minimum absolute atomic E-state index is 0.581. The zero-order valence-electron chi connectivity index (χ0n) is 13.4. The first-order valence-corrected chi connectivity index (χ1v) is 7.54. The fourth-order valence-electron chi connectivity index (χ4n) is 2.38. The van der Waals surface area contributed by atoms with Gasteiger partial charge in [-0.05, 0) is 37.9 Å². The van der Waals surface area contributed by atoms with E-state index in [1.807, 2.05) is 25.6 Å². The molecule has 1 heterocycles. The Morgan fingerprint density at radius 2 is 1.90 bits per heavy atom. The number of ether oxygens (including phenoxy) is 1. The molecule has 0 saturated carbocycles. The molecule has 0 atom stereocenters. The first-order valence-electron chi connectivity index (χ1n) is 7.54. The molecule has 0 unspecified atom stereocenters. The lowest BCUT2D eigenvalue weighted by Crippen LogP contribution is -2.15. The Hall–Kier alpha value is -1.81. The van der Waals surface area contributed by atoms with Gasteiger partial charge in [0.1, 0.15) is 12.3 Å². The van der Waals surface area contributed by atoms with Crippen LogP contribution in [-0.4, -0.2) is 16.3 Å². The number of nitrogens with one attached hydrogen (secondary N) is 1. The molecule has 21 heavy (non-hydrogen) atoms. The lowest BCUT2D eigenvalue weighted by Gasteiger charge is -2.12. The van der Waals surface area contributed by atoms with E-state index in [-0.39, 0.29) is 0 Å². The van der Waals surface area contributed by atoms with Gasteiger partial charge in [-0.1, -0.05) is 31.2 Å². The quantitative estimate of drug-likeness (QED) is 0.795. The summed E-state index contributed by atoms with van der Waals surface area (Å²) in [6.45, 7) is 8.70. The summed E-state index contributed by atoms with van der Waals surface area (Å²) in [5.74, 6) is 0.897. The minimum Gasteiger partial charge on any atom is -0.485 e. The summed E-state index contributed by atoms with van der Waals surface area (Å²) in [5.41, 5.74) is 4.53. The van der Waals surface area contributed by atoms with Crippen molar-refractivity contribution in [2.24, 2.45) is 7.05 Å². The first kappa shape index (κ1) is 15.6. The number of aryl methyl sites for hydroxylation is 2. The molecule has 4 nitrogen and oxygen atoms in total. The summed E-state index contributed by atoms with van der Waals surface area (Å²) in [5, 5.41) is 7.83. The smallest absolute Gasteiger partial charge is 0.163 e. The number of benzene rings is 1. The monoisotopic (exact) mass is 287 g/mol. The third-order valence-corrected chi connectivity index (χ3v) is 3.68. The summed E-state index contributed by atoms with van der Waals surface area (Å²) < 4.78 is 7.87. The highest BCUT2D eigenvalue weighted by Crippen LogP contribution is 2.23. The second-order valence-corrected chi connectivity index (χ2v) is 5.36. The van der Waals surface area contributed by atoms with E-state index in [2.05, 4.69) is 41.6 Å². The molecule has 0 saturated heterocycles. The molecule has 0 aliphatic carbocycles. The van der Waals surface area contributed by atoms with Crippen molar-refractivity contribution in [3.63, 3.8) is 0 Å². The molecule has 0 spiro atoms. The molecule has 1 aromatic heterocycles. The van der Waals surface area contributed by atoms with Crippen molar-refractivity contribution in [3.05, 3.63) is 46.8 Å². The van der Waals surface area contributed by atoms with Gasteiger partial charge in [-0.3, -0.25) is 4.68 Å². The van der Waals surface area contributed by atoms with E-state index >= 15 is 0 Å². The van der Waals surface area contributed by atoms with Gasteiger partial charge in [0.05, 0.1) is 5.69 Å². The van der Waals surface area contributed by atoms with E-state index in [9.17, 15) is 0 Å². The van der Waals surface area contributed by atoms with Crippen molar-refractivity contribution >= 4 is 0 Å². The second kappa shape index (κ2) is 7.27. The zero-order valence-corrected chi connectivity index (χ0v) is 13.4. The van der Waals surface area contributed by atoms with E-state index < -0.39 is 0 Å². The van der Waals surface area contributed by atoms with Gasteiger partial charge in [-0.25, -0.2) is 0 Å². The van der Waals surface area contributed by atoms with Gasteiger partial charge in [0.25, 0.3) is 0 Å². The maximum absolute atomic E-state index is 6.01. The average Bonchev–Trinajstić information content (AvgIpc) is 2.72. The predicted octanol–water partition coefficient (Wildman–Crippen LogP) is 3.12. The lowest BCUT2D eigenvalue weighted by atomic mass is 10.1. The van der Waals surface area contributed by atoms with Gasteiger partial charge in [0, 0.05) is 13.6 Å². The second-order valence-electron chi connectivity index (χ2n) is 5.36. The molecule has 114 valence electrons. The van der Waals surface area contributed by atoms with Crippen LogP contribution in [0.15, 0.2) is 24.3 Å². The van der Waals surface area contributed by atoms with Crippen LogP contribution in [-0.2, 0) is 20.2 Å². The molecule has 1 N–H and O–H groups in total. The Labute approximate surface area is 127 Å². The molecule has 0 aliphatic heterocycles. The van der Waals surface area contributed by atoms with Gasteiger partial charge in [-0.15, -0.1) is 0 Å². The highest BCUT2D eigenvalue weighted by molar-refractivity contribution is 5.33. The fraction of sp³-hybridized carbons (Fsp3) is 0.471. The van der Waals surface area contributed by atoms with Crippen LogP contribution in [0.5, 0.6) is 5.75 Å². The molecular weight excluding hydrogens is 262 g/mol. The molecule has 2 aromatic rings. The number of aromatic nitrogens is 2. The standard InChI is InChI=1S/C17H25N3O/c1-5-10-18-11-15-8-6-7-9-16(15)12-21-17-13(2)19-20(4)14(17)3/h6-9,18H,5,10-12H2,1-4H3. The molecule has 0 radical (unpaired) electrons. The molecule has 4 heteroatoms. The molecule has 0 fully saturated rings. The van der Waals surface area contributed by atoms with Gasteiger partial charge >= 0.3 is 0 Å². The van der Waals surface area contributed by atoms with E-state index in [4.69, 9.17) is 4.74 Å². The topological polar surface area (TPSA) is 39.1 Å². The van der Waals surface area contributed by atoms with Gasteiger partial charge in [-0.2, -0.15) is 5.10 Å². The maximum atomic E-state index is 6.01. The maximum Gasteiger partial charge on any atom is 0.163 e. The number of nitrogens with zero attached hydrogens (tertiary/aromatic N) is 2. The lowest BCUT2D eigenvalue weighted by molar-refractivity contribution is 0.300. The Balaban J connectivity index is 2.06. The fourth-order valence-corrected chi connectivity index (χ4v) is 2.38. The molecular formula is C17H25N3O. The molecule has 0 aliphatic rings. The molecule has 0 bridgehead atoms. The summed E-state index contributed by atoms with van der Waals surface area (Å²) in [7, 11) is 1.94. The molecule has 0 amide bonds. The van der Waals surface area contributed by atoms with Crippen molar-refractivity contribution < 1.29 is 4.74 Å². The van der Waals surface area contributed by atoms with Crippen LogP contribution in [0.2, 0.25) is 0 Å². The SMILES string of the molecule is CCCNCc1ccccc1COc1c(C)nn(C)c1C. The van der Waals surface area contributed by atoms with E-state index in [0.29, 0.717) is 6.61 Å². The van der Waals surface area contributed by atoms with Crippen molar-refractivity contribution in [2.75, 3.05) is 6.54 Å². The van der Waals surface area contributed by atoms with Crippen LogP contribution in [0.4, 0.5) is 0 Å². The number of rotatable bonds is 7. The Kier molecular flexibility index (Phi) is 5.39. The van der Waals surface area contributed by atoms with Crippen molar-refractivity contribution in [2.45, 2.75) is 40.3 Å². The van der Waals surface area contributed by atoms with Gasteiger partial charge in [0.2, 0.25) is 0 Å². The van der Waals surface area contributed by atoms with Crippen molar-refractivity contribution in [1.29, 1.82) is 0 Å². The van der Waals surface area contributed by atoms with Gasteiger partial charge in [0.15, 0.2) is 5.75 Å². The van der Waals surface area contributed by atoms with E-state index in [1.165, 1.54) is 11.1 Å². The Morgan fingerprint density at radius 3 is 2.52 bits per heavy atom. The summed E-state index contributed by atoms with van der Waals surface area (Å²) in [4.78, 5) is 0. The van der Waals surface area contributed by atoms with Crippen molar-refractivity contribution in [3.8, 4) is 5.75 Å². The normalized spacial score (nSPS) is 10.9. The van der Waals surface area contributed by atoms with Crippen LogP contribution in [0.25, 0.3) is 0 Å². The van der Waals surface area contributed by atoms with Crippen LogP contribution in [0.1, 0.15) is 35.9 Å². The summed E-state index contributed by atoms with van der Waals surface area (Å²) >= 11 is 0. The summed E-state index contributed by atoms with van der Waals surface area (Å²) in [6, 6.07) is 8.42. The molecule has 2 rings (SSSR count). The van der Waals surface area contributed by atoms with E-state index in [0.717, 1.165) is 36.6 Å². The summed E-state index contributed by atoms with van der Waals surface area (Å²) in [6.07, 6.45) is 1.15. The Morgan fingerprint density at radius 1 is 1.19 bits per heavy atom. The highest BCUT2D eigenvalue weighted by atomic mass is 16.5. The highest BCUT2D eigenvalue weighted by Gasteiger charge is 2.11. The average molecular weight is 287 g/mol.